The molecule has 24 heavy (non-hydrogen) atoms. The van der Waals surface area contributed by atoms with Crippen LogP contribution in [0.4, 0.5) is 0 Å². The van der Waals surface area contributed by atoms with Crippen LogP contribution < -0.4 is 5.32 Å². The van der Waals surface area contributed by atoms with Crippen molar-refractivity contribution >= 4 is 17.2 Å². The Morgan fingerprint density at radius 2 is 2.21 bits per heavy atom. The molecule has 6 heteroatoms. The third-order valence-corrected chi connectivity index (χ3v) is 6.58. The second kappa shape index (κ2) is 6.41. The Balaban J connectivity index is 1.37. The van der Waals surface area contributed by atoms with Crippen molar-refractivity contribution < 1.29 is 9.53 Å². The number of carbonyl (C=O) groups excluding carboxylic acids is 1. The lowest BCUT2D eigenvalue weighted by Gasteiger charge is -2.55. The van der Waals surface area contributed by atoms with Crippen molar-refractivity contribution in [3.8, 4) is 0 Å². The van der Waals surface area contributed by atoms with Crippen molar-refractivity contribution in [2.45, 2.75) is 38.0 Å². The molecule has 1 saturated carbocycles. The standard InChI is InChI=1S/C18H27N3O2S/c1-13-5-6-24-16(13)8-20-10-18(11-20)12-21(7-14-3-4-14)15(9-23-18)17(22)19-2/h5-6,14-15H,3-4,7-12H2,1-2H3,(H,19,22)/t15-/m0/s1. The first kappa shape index (κ1) is 16.5. The van der Waals surface area contributed by atoms with Crippen molar-refractivity contribution in [3.05, 3.63) is 21.9 Å². The lowest BCUT2D eigenvalue weighted by molar-refractivity contribution is -0.202. The number of ether oxygens (including phenoxy) is 1. The third-order valence-electron chi connectivity index (χ3n) is 5.58. The van der Waals surface area contributed by atoms with Gasteiger partial charge in [-0.25, -0.2) is 0 Å². The monoisotopic (exact) mass is 349 g/mol. The number of rotatable bonds is 5. The van der Waals surface area contributed by atoms with Crippen LogP contribution in [-0.2, 0) is 16.1 Å². The molecule has 1 amide bonds. The van der Waals surface area contributed by atoms with Gasteiger partial charge in [0.05, 0.1) is 6.61 Å². The zero-order chi connectivity index (χ0) is 16.7. The summed E-state index contributed by atoms with van der Waals surface area (Å²) < 4.78 is 6.21. The summed E-state index contributed by atoms with van der Waals surface area (Å²) in [6.45, 7) is 7.63. The van der Waals surface area contributed by atoms with Crippen LogP contribution in [0.5, 0.6) is 0 Å². The van der Waals surface area contributed by atoms with Gasteiger partial charge in [-0.2, -0.15) is 0 Å². The molecule has 1 aliphatic carbocycles. The van der Waals surface area contributed by atoms with Gasteiger partial charge in [0.1, 0.15) is 11.6 Å². The summed E-state index contributed by atoms with van der Waals surface area (Å²) in [6, 6.07) is 2.08. The maximum Gasteiger partial charge on any atom is 0.239 e. The molecule has 4 rings (SSSR count). The molecule has 3 heterocycles. The number of likely N-dealkylation sites (tertiary alicyclic amines) is 1. The maximum absolute atomic E-state index is 12.2. The van der Waals surface area contributed by atoms with Crippen LogP contribution in [0.2, 0.25) is 0 Å². The van der Waals surface area contributed by atoms with E-state index in [1.165, 1.54) is 23.3 Å². The molecule has 2 saturated heterocycles. The Labute approximate surface area is 148 Å². The highest BCUT2D eigenvalue weighted by Crippen LogP contribution is 2.36. The molecular formula is C18H27N3O2S. The Hall–Kier alpha value is -0.950. The van der Waals surface area contributed by atoms with Gasteiger partial charge in [-0.05, 0) is 42.7 Å². The normalized spacial score (nSPS) is 27.2. The van der Waals surface area contributed by atoms with Gasteiger partial charge >= 0.3 is 0 Å². The first-order valence-corrected chi connectivity index (χ1v) is 9.81. The van der Waals surface area contributed by atoms with Crippen molar-refractivity contribution in [1.29, 1.82) is 0 Å². The van der Waals surface area contributed by atoms with Crippen molar-refractivity contribution in [1.82, 2.24) is 15.1 Å². The summed E-state index contributed by atoms with van der Waals surface area (Å²) in [5, 5.41) is 4.97. The molecule has 132 valence electrons. The minimum absolute atomic E-state index is 0.0649. The van der Waals surface area contributed by atoms with Gasteiger partial charge in [-0.3, -0.25) is 14.6 Å². The van der Waals surface area contributed by atoms with E-state index in [0.29, 0.717) is 6.61 Å². The highest BCUT2D eigenvalue weighted by atomic mass is 32.1. The predicted molar refractivity (Wildman–Crippen MR) is 95.2 cm³/mol. The van der Waals surface area contributed by atoms with Crippen LogP contribution in [0.25, 0.3) is 0 Å². The Morgan fingerprint density at radius 1 is 1.42 bits per heavy atom. The minimum Gasteiger partial charge on any atom is -0.369 e. The average molecular weight is 350 g/mol. The summed E-state index contributed by atoms with van der Waals surface area (Å²) in [5.41, 5.74) is 1.32. The molecule has 2 aliphatic heterocycles. The van der Waals surface area contributed by atoms with Gasteiger partial charge in [0, 0.05) is 44.6 Å². The molecule has 3 fully saturated rings. The predicted octanol–water partition coefficient (Wildman–Crippen LogP) is 1.47. The SMILES string of the molecule is CNC(=O)[C@@H]1COC2(CN(Cc3sccc3C)C2)CN1CC1CC1. The van der Waals surface area contributed by atoms with Gasteiger partial charge in [-0.15, -0.1) is 11.3 Å². The fraction of sp³-hybridized carbons (Fsp3) is 0.722. The summed E-state index contributed by atoms with van der Waals surface area (Å²) in [5.74, 6) is 0.883. The van der Waals surface area contributed by atoms with Crippen molar-refractivity contribution in [2.24, 2.45) is 5.92 Å². The van der Waals surface area contributed by atoms with Crippen LogP contribution in [0.1, 0.15) is 23.3 Å². The second-order valence-corrected chi connectivity index (χ2v) is 8.67. The topological polar surface area (TPSA) is 44.8 Å². The average Bonchev–Trinajstić information content (AvgIpc) is 3.27. The van der Waals surface area contributed by atoms with Crippen LogP contribution in [0.15, 0.2) is 11.4 Å². The molecule has 1 N–H and O–H groups in total. The highest BCUT2D eigenvalue weighted by molar-refractivity contribution is 7.10. The van der Waals surface area contributed by atoms with Gasteiger partial charge in [-0.1, -0.05) is 0 Å². The Morgan fingerprint density at radius 3 is 2.83 bits per heavy atom. The molecule has 1 spiro atoms. The van der Waals surface area contributed by atoms with E-state index in [2.05, 4.69) is 33.5 Å². The third kappa shape index (κ3) is 3.25. The first-order chi connectivity index (χ1) is 11.6. The first-order valence-electron chi connectivity index (χ1n) is 8.93. The number of nitrogens with one attached hydrogen (secondary N) is 1. The van der Waals surface area contributed by atoms with E-state index < -0.39 is 0 Å². The van der Waals surface area contributed by atoms with E-state index in [-0.39, 0.29) is 17.6 Å². The van der Waals surface area contributed by atoms with Crippen LogP contribution >= 0.6 is 11.3 Å². The lowest BCUT2D eigenvalue weighted by atomic mass is 9.90. The van der Waals surface area contributed by atoms with Gasteiger partial charge in [0.15, 0.2) is 0 Å². The number of hydrogen-bond acceptors (Lipinski definition) is 5. The fourth-order valence-corrected chi connectivity index (χ4v) is 4.91. The summed E-state index contributed by atoms with van der Waals surface area (Å²) in [7, 11) is 1.72. The van der Waals surface area contributed by atoms with E-state index in [4.69, 9.17) is 4.74 Å². The number of amides is 1. The molecule has 0 radical (unpaired) electrons. The molecule has 0 bridgehead atoms. The number of hydrogen-bond donors (Lipinski definition) is 1. The van der Waals surface area contributed by atoms with Gasteiger partial charge < -0.3 is 10.1 Å². The summed E-state index contributed by atoms with van der Waals surface area (Å²) in [6.07, 6.45) is 2.63. The van der Waals surface area contributed by atoms with Crippen LogP contribution in [-0.4, -0.2) is 67.2 Å². The molecule has 1 atom stereocenters. The Kier molecular flexibility index (Phi) is 4.41. The van der Waals surface area contributed by atoms with Crippen LogP contribution in [0, 0.1) is 12.8 Å². The number of nitrogens with zero attached hydrogens (tertiary/aromatic N) is 2. The number of morpholine rings is 1. The van der Waals surface area contributed by atoms with Gasteiger partial charge in [0.25, 0.3) is 0 Å². The fourth-order valence-electron chi connectivity index (χ4n) is 3.96. The molecule has 5 nitrogen and oxygen atoms in total. The molecular weight excluding hydrogens is 322 g/mol. The zero-order valence-electron chi connectivity index (χ0n) is 14.6. The minimum atomic E-state index is -0.116. The summed E-state index contributed by atoms with van der Waals surface area (Å²) in [4.78, 5) is 18.5. The molecule has 3 aliphatic rings. The second-order valence-electron chi connectivity index (χ2n) is 7.67. The molecule has 0 aromatic carbocycles. The van der Waals surface area contributed by atoms with Crippen LogP contribution in [0.3, 0.4) is 0 Å². The number of aryl methyl sites for hydroxylation is 1. The van der Waals surface area contributed by atoms with Gasteiger partial charge in [0.2, 0.25) is 5.91 Å². The quantitative estimate of drug-likeness (QED) is 0.874. The molecule has 1 aromatic heterocycles. The van der Waals surface area contributed by atoms with E-state index in [1.807, 2.05) is 11.3 Å². The van der Waals surface area contributed by atoms with E-state index in [9.17, 15) is 4.79 Å². The summed E-state index contributed by atoms with van der Waals surface area (Å²) >= 11 is 1.84. The zero-order valence-corrected chi connectivity index (χ0v) is 15.4. The van der Waals surface area contributed by atoms with Crippen molar-refractivity contribution in [3.63, 3.8) is 0 Å². The smallest absolute Gasteiger partial charge is 0.239 e. The van der Waals surface area contributed by atoms with Crippen molar-refractivity contribution in [2.75, 3.05) is 39.8 Å². The number of likely N-dealkylation sites (N-methyl/N-ethyl adjacent to an activating group) is 1. The number of thiophene rings is 1. The van der Waals surface area contributed by atoms with E-state index in [0.717, 1.165) is 38.6 Å². The Bertz CT molecular complexity index is 607. The van der Waals surface area contributed by atoms with E-state index in [1.54, 1.807) is 7.05 Å². The van der Waals surface area contributed by atoms with E-state index >= 15 is 0 Å². The molecule has 0 unspecified atom stereocenters. The molecule has 1 aromatic rings. The highest BCUT2D eigenvalue weighted by Gasteiger charge is 2.51. The maximum atomic E-state index is 12.2. The number of carbonyl (C=O) groups is 1. The largest absolute Gasteiger partial charge is 0.369 e. The lowest BCUT2D eigenvalue weighted by Crippen LogP contribution is -2.72.